The Morgan fingerprint density at radius 2 is 1.05 bits per heavy atom. The first-order chi connectivity index (χ1) is 9.40. The third kappa shape index (κ3) is 1.33. The van der Waals surface area contributed by atoms with Crippen LogP contribution < -0.4 is 10.6 Å². The minimum atomic E-state index is -1.08. The molecule has 94 valence electrons. The summed E-state index contributed by atoms with van der Waals surface area (Å²) in [5, 5.41) is 3.30. The minimum absolute atomic E-state index is 1.08. The summed E-state index contributed by atoms with van der Waals surface area (Å²) in [6.07, 6.45) is 2.99. The van der Waals surface area contributed by atoms with Crippen molar-refractivity contribution in [2.24, 2.45) is 23.7 Å². The van der Waals surface area contributed by atoms with E-state index in [1.54, 1.807) is 10.6 Å². The number of benzene rings is 2. The Morgan fingerprint density at radius 1 is 0.632 bits per heavy atom. The van der Waals surface area contributed by atoms with Gasteiger partial charge < -0.3 is 0 Å². The highest BCUT2D eigenvalue weighted by molar-refractivity contribution is 7.89. The van der Waals surface area contributed by atoms with Gasteiger partial charge in [-0.3, -0.25) is 0 Å². The monoisotopic (exact) mass is 265 g/mol. The summed E-state index contributed by atoms with van der Waals surface area (Å²) in [6.45, 7) is 0. The van der Waals surface area contributed by atoms with Gasteiger partial charge in [0.25, 0.3) is 0 Å². The fraction of sp³-hybridized carbons (Fsp3) is 0.333. The molecule has 19 heavy (non-hydrogen) atoms. The maximum atomic E-state index is 2.39. The molecule has 0 unspecified atom stereocenters. The van der Waals surface area contributed by atoms with Crippen molar-refractivity contribution < 1.29 is 0 Å². The van der Waals surface area contributed by atoms with Crippen molar-refractivity contribution in [3.63, 3.8) is 0 Å². The Hall–Kier alpha value is -1.13. The van der Waals surface area contributed by atoms with Gasteiger partial charge in [0.1, 0.15) is 0 Å². The molecule has 4 fully saturated rings. The zero-order valence-electron chi connectivity index (χ0n) is 10.9. The van der Waals surface area contributed by atoms with Gasteiger partial charge >= 0.3 is 0 Å². The zero-order valence-corrected chi connectivity index (χ0v) is 11.8. The molecule has 2 aromatic carbocycles. The Morgan fingerprint density at radius 3 is 1.47 bits per heavy atom. The standard InChI is InChI=1S/C18H18P/c1-3-7-13(8-4-1)19(14-9-5-2-6-10-14)11-15-17-16(12-19)18(15)17/h1-10,15-18H,11-12H2/q+1. The van der Waals surface area contributed by atoms with E-state index < -0.39 is 7.26 Å². The van der Waals surface area contributed by atoms with Gasteiger partial charge in [-0.05, 0) is 36.1 Å². The maximum Gasteiger partial charge on any atom is 0.0992 e. The van der Waals surface area contributed by atoms with Gasteiger partial charge in [0.15, 0.2) is 0 Å². The Kier molecular flexibility index (Phi) is 1.96. The van der Waals surface area contributed by atoms with Crippen LogP contribution >= 0.6 is 7.26 Å². The maximum absolute atomic E-state index is 2.39. The van der Waals surface area contributed by atoms with Gasteiger partial charge in [0.05, 0.1) is 30.2 Å². The van der Waals surface area contributed by atoms with Gasteiger partial charge in [-0.2, -0.15) is 0 Å². The fourth-order valence-corrected chi connectivity index (χ4v) is 9.81. The molecule has 0 aromatic heterocycles. The van der Waals surface area contributed by atoms with E-state index in [1.165, 1.54) is 12.3 Å². The van der Waals surface area contributed by atoms with Crippen LogP contribution in [0.4, 0.5) is 0 Å². The summed E-state index contributed by atoms with van der Waals surface area (Å²) in [6, 6.07) is 22.8. The van der Waals surface area contributed by atoms with Crippen LogP contribution in [-0.2, 0) is 0 Å². The Labute approximate surface area is 115 Å². The Balaban J connectivity index is 1.66. The van der Waals surface area contributed by atoms with Crippen LogP contribution in [0.1, 0.15) is 0 Å². The summed E-state index contributed by atoms with van der Waals surface area (Å²) < 4.78 is 0. The van der Waals surface area contributed by atoms with E-state index in [0.717, 1.165) is 23.7 Å². The van der Waals surface area contributed by atoms with Crippen LogP contribution in [0, 0.1) is 23.7 Å². The summed E-state index contributed by atoms with van der Waals surface area (Å²) in [5.74, 6) is 4.49. The molecule has 0 spiro atoms. The van der Waals surface area contributed by atoms with Crippen LogP contribution in [0.25, 0.3) is 0 Å². The first-order valence-electron chi connectivity index (χ1n) is 7.38. The van der Waals surface area contributed by atoms with E-state index in [0.29, 0.717) is 0 Å². The van der Waals surface area contributed by atoms with Gasteiger partial charge in [0.2, 0.25) is 0 Å². The number of hydrogen-bond donors (Lipinski definition) is 0. The number of hydrogen-bond acceptors (Lipinski definition) is 0. The van der Waals surface area contributed by atoms with E-state index in [-0.39, 0.29) is 0 Å². The Bertz CT molecular complexity index is 553. The minimum Gasteiger partial charge on any atom is -0.0620 e. The fourth-order valence-electron chi connectivity index (χ4n) is 4.62. The first kappa shape index (κ1) is 10.6. The van der Waals surface area contributed by atoms with Gasteiger partial charge in [-0.25, -0.2) is 0 Å². The summed E-state index contributed by atoms with van der Waals surface area (Å²) >= 11 is 0. The zero-order chi connectivity index (χ0) is 12.4. The summed E-state index contributed by atoms with van der Waals surface area (Å²) in [5.41, 5.74) is 0. The first-order valence-corrected chi connectivity index (χ1v) is 9.54. The lowest BCUT2D eigenvalue weighted by Gasteiger charge is -2.35. The molecule has 2 saturated carbocycles. The lowest BCUT2D eigenvalue weighted by molar-refractivity contribution is 0.526. The second-order valence-electron chi connectivity index (χ2n) is 6.49. The quantitative estimate of drug-likeness (QED) is 0.732. The highest BCUT2D eigenvalue weighted by Gasteiger charge is 2.81. The van der Waals surface area contributed by atoms with Crippen LogP contribution in [0.5, 0.6) is 0 Å². The SMILES string of the molecule is c1ccc([P+]2(c3ccccc3)CC3C4C(C2)C34)cc1. The van der Waals surface area contributed by atoms with Crippen molar-refractivity contribution in [2.45, 2.75) is 0 Å². The molecule has 2 saturated heterocycles. The second-order valence-corrected chi connectivity index (χ2v) is 10.2. The molecule has 0 radical (unpaired) electrons. The normalized spacial score (nSPS) is 36.4. The molecule has 2 aliphatic carbocycles. The molecule has 2 aliphatic heterocycles. The van der Waals surface area contributed by atoms with Crippen LogP contribution in [0.2, 0.25) is 0 Å². The predicted octanol–water partition coefficient (Wildman–Crippen LogP) is 3.16. The number of fused-ring (bicyclic) bond motifs is 2. The van der Waals surface area contributed by atoms with Crippen molar-refractivity contribution in [1.82, 2.24) is 0 Å². The van der Waals surface area contributed by atoms with Crippen LogP contribution in [-0.4, -0.2) is 12.3 Å². The average molecular weight is 265 g/mol. The largest absolute Gasteiger partial charge is 0.0992 e. The van der Waals surface area contributed by atoms with Crippen molar-refractivity contribution in [3.8, 4) is 0 Å². The molecule has 2 aromatic rings. The molecular formula is C18H18P+. The van der Waals surface area contributed by atoms with Gasteiger partial charge in [0, 0.05) is 11.8 Å². The molecule has 2 bridgehead atoms. The van der Waals surface area contributed by atoms with Gasteiger partial charge in [-0.15, -0.1) is 0 Å². The van der Waals surface area contributed by atoms with Crippen molar-refractivity contribution >= 4 is 17.9 Å². The molecule has 4 aliphatic rings. The van der Waals surface area contributed by atoms with E-state index in [2.05, 4.69) is 60.7 Å². The van der Waals surface area contributed by atoms with Crippen molar-refractivity contribution in [3.05, 3.63) is 60.7 Å². The molecule has 0 atom stereocenters. The predicted molar refractivity (Wildman–Crippen MR) is 82.8 cm³/mol. The lowest BCUT2D eigenvalue weighted by Crippen LogP contribution is -2.35. The van der Waals surface area contributed by atoms with Crippen molar-refractivity contribution in [2.75, 3.05) is 12.3 Å². The van der Waals surface area contributed by atoms with Gasteiger partial charge in [-0.1, -0.05) is 36.4 Å². The third-order valence-corrected chi connectivity index (χ3v) is 10.3. The van der Waals surface area contributed by atoms with Crippen LogP contribution in [0.3, 0.4) is 0 Å². The smallest absolute Gasteiger partial charge is 0.0620 e. The topological polar surface area (TPSA) is 0 Å². The number of rotatable bonds is 2. The molecular weight excluding hydrogens is 247 g/mol. The molecule has 6 rings (SSSR count). The van der Waals surface area contributed by atoms with E-state index in [4.69, 9.17) is 0 Å². The molecule has 0 nitrogen and oxygen atoms in total. The average Bonchev–Trinajstić information content (AvgIpc) is 3.41. The summed E-state index contributed by atoms with van der Waals surface area (Å²) in [4.78, 5) is 0. The van der Waals surface area contributed by atoms with E-state index >= 15 is 0 Å². The highest BCUT2D eigenvalue weighted by atomic mass is 31.2. The van der Waals surface area contributed by atoms with Crippen molar-refractivity contribution in [1.29, 1.82) is 0 Å². The van der Waals surface area contributed by atoms with E-state index in [9.17, 15) is 0 Å². The third-order valence-electron chi connectivity index (χ3n) is 5.69. The lowest BCUT2D eigenvalue weighted by atomic mass is 10.1. The highest BCUT2D eigenvalue weighted by Crippen LogP contribution is 2.85. The van der Waals surface area contributed by atoms with Crippen LogP contribution in [0.15, 0.2) is 60.7 Å². The molecule has 1 heteroatoms. The summed E-state index contributed by atoms with van der Waals surface area (Å²) in [7, 11) is -1.08. The molecule has 0 N–H and O–H groups in total. The molecule has 2 heterocycles. The molecule has 0 amide bonds. The second kappa shape index (κ2) is 3.49. The van der Waals surface area contributed by atoms with E-state index in [1.807, 2.05) is 0 Å².